The molecule has 3 rings (SSSR count). The number of carbonyl (C=O) groups is 1. The van der Waals surface area contributed by atoms with Crippen molar-refractivity contribution in [3.05, 3.63) is 53.4 Å². The molecular weight excluding hydrogens is 363 g/mol. The highest BCUT2D eigenvalue weighted by molar-refractivity contribution is 5.79. The van der Waals surface area contributed by atoms with Gasteiger partial charge in [0.15, 0.2) is 11.6 Å². The Balaban J connectivity index is 1.93. The van der Waals surface area contributed by atoms with Gasteiger partial charge in [0.1, 0.15) is 0 Å². The van der Waals surface area contributed by atoms with Crippen LogP contribution in [-0.4, -0.2) is 33.5 Å². The number of aliphatic hydroxyl groups excluding tert-OH is 1. The standard InChI is InChI=1S/C22H27FO5/c1-21(2)22(13-24)10-9-14(5-3-4-6-19(26)27)16(12-22)20(28-21)15-7-8-18(25)17(23)11-15/h4,6-9,11,16,20,24-25H,3,5,10,12-13H2,1-2H3,(H,26,27)/b6-4+. The fraction of sp³-hybridized carbons (Fsp3) is 0.500. The van der Waals surface area contributed by atoms with Crippen molar-refractivity contribution in [2.24, 2.45) is 11.3 Å². The molecule has 5 nitrogen and oxygen atoms in total. The number of carboxylic acids is 1. The molecule has 6 heteroatoms. The summed E-state index contributed by atoms with van der Waals surface area (Å²) in [6.45, 7) is 3.91. The largest absolute Gasteiger partial charge is 0.505 e. The first-order chi connectivity index (χ1) is 13.2. The molecule has 1 saturated heterocycles. The number of rotatable bonds is 6. The van der Waals surface area contributed by atoms with Gasteiger partial charge in [0.05, 0.1) is 18.3 Å². The molecule has 1 aromatic carbocycles. The maximum absolute atomic E-state index is 14.0. The van der Waals surface area contributed by atoms with Crippen LogP contribution in [0.5, 0.6) is 5.75 Å². The lowest BCUT2D eigenvalue weighted by Crippen LogP contribution is -2.56. The molecule has 28 heavy (non-hydrogen) atoms. The van der Waals surface area contributed by atoms with Crippen molar-refractivity contribution in [1.82, 2.24) is 0 Å². The van der Waals surface area contributed by atoms with Crippen molar-refractivity contribution in [3.63, 3.8) is 0 Å². The predicted octanol–water partition coefficient (Wildman–Crippen LogP) is 4.12. The van der Waals surface area contributed by atoms with Crippen LogP contribution in [0.1, 0.15) is 51.2 Å². The summed E-state index contributed by atoms with van der Waals surface area (Å²) in [5.74, 6) is -2.11. The highest BCUT2D eigenvalue weighted by atomic mass is 19.1. The minimum absolute atomic E-state index is 0.00411. The van der Waals surface area contributed by atoms with Crippen LogP contribution in [-0.2, 0) is 9.53 Å². The Morgan fingerprint density at radius 2 is 2.14 bits per heavy atom. The average molecular weight is 390 g/mol. The van der Waals surface area contributed by atoms with Gasteiger partial charge in [0.2, 0.25) is 0 Å². The molecule has 3 unspecified atom stereocenters. The van der Waals surface area contributed by atoms with Crippen molar-refractivity contribution in [2.45, 2.75) is 51.2 Å². The molecule has 0 amide bonds. The summed E-state index contributed by atoms with van der Waals surface area (Å²) in [6.07, 6.45) is 7.14. The zero-order valence-corrected chi connectivity index (χ0v) is 16.2. The van der Waals surface area contributed by atoms with E-state index in [1.165, 1.54) is 12.1 Å². The van der Waals surface area contributed by atoms with Crippen LogP contribution >= 0.6 is 0 Å². The average Bonchev–Trinajstić information content (AvgIpc) is 2.65. The topological polar surface area (TPSA) is 87.0 Å². The van der Waals surface area contributed by atoms with Crippen molar-refractivity contribution in [2.75, 3.05) is 6.61 Å². The van der Waals surface area contributed by atoms with Crippen molar-refractivity contribution in [1.29, 1.82) is 0 Å². The Bertz CT molecular complexity index is 813. The van der Waals surface area contributed by atoms with Gasteiger partial charge < -0.3 is 20.1 Å². The number of hydrogen-bond acceptors (Lipinski definition) is 4. The second kappa shape index (κ2) is 7.68. The van der Waals surface area contributed by atoms with E-state index in [1.807, 2.05) is 13.8 Å². The Morgan fingerprint density at radius 1 is 1.39 bits per heavy atom. The van der Waals surface area contributed by atoms with Crippen LogP contribution in [0, 0.1) is 17.2 Å². The molecule has 0 aromatic heterocycles. The number of ether oxygens (including phenoxy) is 1. The predicted molar refractivity (Wildman–Crippen MR) is 102 cm³/mol. The number of phenolic OH excluding ortho intramolecular Hbond substituents is 1. The van der Waals surface area contributed by atoms with Gasteiger partial charge in [-0.15, -0.1) is 0 Å². The number of allylic oxidation sites excluding steroid dienone is 2. The van der Waals surface area contributed by atoms with Crippen LogP contribution < -0.4 is 0 Å². The van der Waals surface area contributed by atoms with E-state index in [2.05, 4.69) is 6.08 Å². The van der Waals surface area contributed by atoms with Gasteiger partial charge in [-0.1, -0.05) is 23.8 Å². The quantitative estimate of drug-likeness (QED) is 0.502. The van der Waals surface area contributed by atoms with Gasteiger partial charge in [0, 0.05) is 17.4 Å². The number of benzene rings is 1. The molecule has 152 valence electrons. The Labute approximate surface area is 164 Å². The van der Waals surface area contributed by atoms with Crippen LogP contribution in [0.15, 0.2) is 42.0 Å². The van der Waals surface area contributed by atoms with Crippen molar-refractivity contribution >= 4 is 5.97 Å². The Hall–Kier alpha value is -2.18. The first-order valence-corrected chi connectivity index (χ1v) is 9.54. The van der Waals surface area contributed by atoms with E-state index >= 15 is 0 Å². The summed E-state index contributed by atoms with van der Waals surface area (Å²) in [5, 5.41) is 28.4. The maximum Gasteiger partial charge on any atom is 0.327 e. The second-order valence-corrected chi connectivity index (χ2v) is 8.27. The molecule has 3 atom stereocenters. The molecule has 1 aliphatic heterocycles. The maximum atomic E-state index is 14.0. The molecule has 0 saturated carbocycles. The number of aliphatic hydroxyl groups is 1. The van der Waals surface area contributed by atoms with E-state index in [0.717, 1.165) is 11.6 Å². The molecule has 3 N–H and O–H groups in total. The molecule has 2 aliphatic rings. The minimum Gasteiger partial charge on any atom is -0.505 e. The number of phenols is 1. The molecule has 0 radical (unpaired) electrons. The van der Waals surface area contributed by atoms with E-state index in [1.54, 1.807) is 12.1 Å². The molecule has 1 aromatic rings. The Morgan fingerprint density at radius 3 is 2.79 bits per heavy atom. The van der Waals surface area contributed by atoms with Crippen LogP contribution in [0.25, 0.3) is 0 Å². The summed E-state index contributed by atoms with van der Waals surface area (Å²) < 4.78 is 20.4. The van der Waals surface area contributed by atoms with Crippen LogP contribution in [0.3, 0.4) is 0 Å². The van der Waals surface area contributed by atoms with Gasteiger partial charge in [-0.25, -0.2) is 9.18 Å². The van der Waals surface area contributed by atoms with Crippen LogP contribution in [0.2, 0.25) is 0 Å². The van der Waals surface area contributed by atoms with E-state index in [9.17, 15) is 19.4 Å². The van der Waals surface area contributed by atoms with Gasteiger partial charge in [-0.2, -0.15) is 0 Å². The normalized spacial score (nSPS) is 28.9. The molecule has 1 aliphatic carbocycles. The summed E-state index contributed by atoms with van der Waals surface area (Å²) in [7, 11) is 0. The van der Waals surface area contributed by atoms with Crippen LogP contribution in [0.4, 0.5) is 4.39 Å². The van der Waals surface area contributed by atoms with E-state index in [0.29, 0.717) is 31.2 Å². The number of aromatic hydroxyl groups is 1. The first-order valence-electron chi connectivity index (χ1n) is 9.54. The fourth-order valence-corrected chi connectivity index (χ4v) is 4.47. The number of carboxylic acid groups (broad SMARTS) is 1. The molecule has 2 bridgehead atoms. The molecule has 1 fully saturated rings. The molecular formula is C22H27FO5. The summed E-state index contributed by atoms with van der Waals surface area (Å²) in [6, 6.07) is 4.30. The zero-order valence-electron chi connectivity index (χ0n) is 16.2. The highest BCUT2D eigenvalue weighted by Gasteiger charge is 2.55. The lowest BCUT2D eigenvalue weighted by Gasteiger charge is -2.57. The third kappa shape index (κ3) is 3.71. The number of aliphatic carboxylic acids is 1. The van der Waals surface area contributed by atoms with E-state index in [4.69, 9.17) is 9.84 Å². The van der Waals surface area contributed by atoms with E-state index in [-0.39, 0.29) is 12.5 Å². The highest BCUT2D eigenvalue weighted by Crippen LogP contribution is 2.58. The fourth-order valence-electron chi connectivity index (χ4n) is 4.47. The summed E-state index contributed by atoms with van der Waals surface area (Å²) in [4.78, 5) is 10.7. The lowest BCUT2D eigenvalue weighted by molar-refractivity contribution is -0.223. The molecule has 1 heterocycles. The van der Waals surface area contributed by atoms with Gasteiger partial charge in [-0.3, -0.25) is 0 Å². The monoisotopic (exact) mass is 390 g/mol. The van der Waals surface area contributed by atoms with E-state index < -0.39 is 34.7 Å². The number of hydrogen-bond donors (Lipinski definition) is 3. The number of halogens is 1. The zero-order chi connectivity index (χ0) is 20.5. The molecule has 0 spiro atoms. The first kappa shape index (κ1) is 20.6. The Kier molecular flexibility index (Phi) is 5.64. The van der Waals surface area contributed by atoms with Crippen molar-refractivity contribution in [3.8, 4) is 5.75 Å². The minimum atomic E-state index is -0.975. The van der Waals surface area contributed by atoms with Crippen molar-refractivity contribution < 1.29 is 29.2 Å². The third-order valence-electron chi connectivity index (χ3n) is 6.37. The smallest absolute Gasteiger partial charge is 0.327 e. The summed E-state index contributed by atoms with van der Waals surface area (Å²) in [5.41, 5.74) is 0.758. The second-order valence-electron chi connectivity index (χ2n) is 8.27. The van der Waals surface area contributed by atoms with Gasteiger partial charge >= 0.3 is 5.97 Å². The van der Waals surface area contributed by atoms with Gasteiger partial charge in [-0.05, 0) is 57.2 Å². The van der Waals surface area contributed by atoms with Gasteiger partial charge in [0.25, 0.3) is 0 Å². The summed E-state index contributed by atoms with van der Waals surface area (Å²) >= 11 is 0. The number of fused-ring (bicyclic) bond motifs is 2. The lowest BCUT2D eigenvalue weighted by atomic mass is 9.58. The third-order valence-corrected chi connectivity index (χ3v) is 6.37. The SMILES string of the molecule is CC1(C)OC(c2ccc(O)c(F)c2)C2CC1(CO)CC=C2CC/C=C/C(=O)O.